The average molecular weight is 398 g/mol. The number of anilines is 2. The van der Waals surface area contributed by atoms with Gasteiger partial charge in [-0.15, -0.1) is 0 Å². The number of hydrogen-bond acceptors (Lipinski definition) is 4. The van der Waals surface area contributed by atoms with E-state index in [0.29, 0.717) is 22.7 Å². The fourth-order valence-electron chi connectivity index (χ4n) is 2.28. The normalized spacial score (nSPS) is 10.2. The number of rotatable bonds is 7. The maximum Gasteiger partial charge on any atom is 0.319 e. The lowest BCUT2D eigenvalue weighted by atomic mass is 10.2. The predicted octanol–water partition coefficient (Wildman–Crippen LogP) is 2.94. The zero-order valence-electron chi connectivity index (χ0n) is 17.0. The molecule has 0 unspecified atom stereocenters. The van der Waals surface area contributed by atoms with E-state index in [1.807, 2.05) is 13.8 Å². The summed E-state index contributed by atoms with van der Waals surface area (Å²) in [6, 6.07) is 13.0. The minimum Gasteiger partial charge on any atom is -0.484 e. The quantitative estimate of drug-likeness (QED) is 0.668. The van der Waals surface area contributed by atoms with Gasteiger partial charge >= 0.3 is 6.03 Å². The molecule has 0 bridgehead atoms. The molecule has 0 saturated carbocycles. The molecule has 29 heavy (non-hydrogen) atoms. The molecule has 154 valence electrons. The van der Waals surface area contributed by atoms with Crippen LogP contribution in [0.4, 0.5) is 16.2 Å². The van der Waals surface area contributed by atoms with E-state index in [-0.39, 0.29) is 30.5 Å². The molecule has 0 aromatic heterocycles. The van der Waals surface area contributed by atoms with Gasteiger partial charge in [-0.2, -0.15) is 0 Å². The molecule has 0 fully saturated rings. The number of ether oxygens (including phenoxy) is 1. The topological polar surface area (TPSA) is 99.8 Å². The summed E-state index contributed by atoms with van der Waals surface area (Å²) in [5.41, 5.74) is 1.51. The van der Waals surface area contributed by atoms with Gasteiger partial charge < -0.3 is 25.6 Å². The van der Waals surface area contributed by atoms with E-state index in [2.05, 4.69) is 16.0 Å². The van der Waals surface area contributed by atoms with Gasteiger partial charge in [-0.25, -0.2) is 4.79 Å². The Hall–Kier alpha value is -3.55. The van der Waals surface area contributed by atoms with Gasteiger partial charge in [0.05, 0.1) is 0 Å². The van der Waals surface area contributed by atoms with E-state index in [9.17, 15) is 14.4 Å². The molecular weight excluding hydrogens is 372 g/mol. The summed E-state index contributed by atoms with van der Waals surface area (Å²) < 4.78 is 5.40. The molecule has 0 aliphatic carbocycles. The fourth-order valence-corrected chi connectivity index (χ4v) is 2.28. The Morgan fingerprint density at radius 1 is 0.966 bits per heavy atom. The smallest absolute Gasteiger partial charge is 0.319 e. The first-order valence-electron chi connectivity index (χ1n) is 9.16. The highest BCUT2D eigenvalue weighted by Crippen LogP contribution is 2.18. The van der Waals surface area contributed by atoms with Crippen molar-refractivity contribution in [3.8, 4) is 5.75 Å². The number of amides is 4. The number of likely N-dealkylation sites (N-methyl/N-ethyl adjacent to an activating group) is 1. The van der Waals surface area contributed by atoms with E-state index in [0.717, 1.165) is 0 Å². The van der Waals surface area contributed by atoms with Gasteiger partial charge in [-0.05, 0) is 56.3 Å². The predicted molar refractivity (Wildman–Crippen MR) is 112 cm³/mol. The Morgan fingerprint density at radius 2 is 1.66 bits per heavy atom. The molecule has 8 heteroatoms. The van der Waals surface area contributed by atoms with Crippen LogP contribution in [0, 0.1) is 0 Å². The second-order valence-corrected chi connectivity index (χ2v) is 6.89. The van der Waals surface area contributed by atoms with Crippen molar-refractivity contribution in [2.75, 3.05) is 31.3 Å². The van der Waals surface area contributed by atoms with Crippen LogP contribution in [0.2, 0.25) is 0 Å². The minimum atomic E-state index is -0.333. The van der Waals surface area contributed by atoms with Gasteiger partial charge in [0, 0.05) is 37.1 Å². The van der Waals surface area contributed by atoms with Crippen molar-refractivity contribution >= 4 is 29.2 Å². The Morgan fingerprint density at radius 3 is 2.28 bits per heavy atom. The Balaban J connectivity index is 1.95. The standard InChI is InChI=1S/C21H26N4O4/c1-14(2)22-21(28)24-17-7-5-6-15(12-17)20(27)23-16-8-10-18(11-9-16)29-13-19(26)25(3)4/h5-12,14H,13H2,1-4H3,(H,23,27)(H2,22,24,28). The minimum absolute atomic E-state index is 0.00874. The van der Waals surface area contributed by atoms with Gasteiger partial charge in [-0.3, -0.25) is 9.59 Å². The third kappa shape index (κ3) is 7.17. The summed E-state index contributed by atoms with van der Waals surface area (Å²) in [5, 5.41) is 8.20. The third-order valence-corrected chi connectivity index (χ3v) is 3.78. The molecule has 2 aromatic rings. The highest BCUT2D eigenvalue weighted by Gasteiger charge is 2.10. The lowest BCUT2D eigenvalue weighted by Gasteiger charge is -2.12. The van der Waals surface area contributed by atoms with Crippen molar-refractivity contribution in [2.24, 2.45) is 0 Å². The molecular formula is C21H26N4O4. The second kappa shape index (κ2) is 10.1. The molecule has 0 spiro atoms. The Labute approximate surface area is 170 Å². The molecule has 0 aliphatic heterocycles. The third-order valence-electron chi connectivity index (χ3n) is 3.78. The van der Waals surface area contributed by atoms with Crippen molar-refractivity contribution in [3.63, 3.8) is 0 Å². The monoisotopic (exact) mass is 398 g/mol. The number of carbonyl (C=O) groups excluding carboxylic acids is 3. The van der Waals surface area contributed by atoms with E-state index >= 15 is 0 Å². The highest BCUT2D eigenvalue weighted by atomic mass is 16.5. The van der Waals surface area contributed by atoms with Gasteiger partial charge in [0.2, 0.25) is 0 Å². The van der Waals surface area contributed by atoms with Crippen molar-refractivity contribution < 1.29 is 19.1 Å². The van der Waals surface area contributed by atoms with Crippen molar-refractivity contribution in [3.05, 3.63) is 54.1 Å². The van der Waals surface area contributed by atoms with Crippen LogP contribution in [0.1, 0.15) is 24.2 Å². The zero-order chi connectivity index (χ0) is 21.4. The molecule has 2 rings (SSSR count). The number of nitrogens with zero attached hydrogens (tertiary/aromatic N) is 1. The van der Waals surface area contributed by atoms with E-state index in [1.54, 1.807) is 62.6 Å². The number of nitrogens with one attached hydrogen (secondary N) is 3. The number of benzene rings is 2. The van der Waals surface area contributed by atoms with Crippen LogP contribution in [0.25, 0.3) is 0 Å². The summed E-state index contributed by atoms with van der Waals surface area (Å²) in [4.78, 5) is 37.3. The molecule has 0 saturated heterocycles. The van der Waals surface area contributed by atoms with Crippen molar-refractivity contribution in [1.29, 1.82) is 0 Å². The second-order valence-electron chi connectivity index (χ2n) is 6.89. The van der Waals surface area contributed by atoms with Crippen molar-refractivity contribution in [2.45, 2.75) is 19.9 Å². The first-order valence-corrected chi connectivity index (χ1v) is 9.16. The highest BCUT2D eigenvalue weighted by molar-refractivity contribution is 6.05. The number of carbonyl (C=O) groups is 3. The first kappa shape index (κ1) is 21.7. The average Bonchev–Trinajstić information content (AvgIpc) is 2.66. The van der Waals surface area contributed by atoms with Crippen LogP contribution in [-0.4, -0.2) is 49.5 Å². The Kier molecular flexibility index (Phi) is 7.59. The van der Waals surface area contributed by atoms with Gasteiger partial charge in [-0.1, -0.05) is 6.07 Å². The summed E-state index contributed by atoms with van der Waals surface area (Å²) in [7, 11) is 3.32. The number of urea groups is 1. The van der Waals surface area contributed by atoms with Gasteiger partial charge in [0.25, 0.3) is 11.8 Å². The molecule has 0 aliphatic rings. The fraction of sp³-hybridized carbons (Fsp3) is 0.286. The first-order chi connectivity index (χ1) is 13.7. The Bertz CT molecular complexity index is 863. The SMILES string of the molecule is CC(C)NC(=O)Nc1cccc(C(=O)Nc2ccc(OCC(=O)N(C)C)cc2)c1. The van der Waals surface area contributed by atoms with Crippen LogP contribution < -0.4 is 20.7 Å². The van der Waals surface area contributed by atoms with Crippen LogP contribution in [0.3, 0.4) is 0 Å². The summed E-state index contributed by atoms with van der Waals surface area (Å²) >= 11 is 0. The van der Waals surface area contributed by atoms with Crippen molar-refractivity contribution in [1.82, 2.24) is 10.2 Å². The maximum atomic E-state index is 12.5. The molecule has 0 atom stereocenters. The molecule has 0 radical (unpaired) electrons. The lowest BCUT2D eigenvalue weighted by Crippen LogP contribution is -2.34. The van der Waals surface area contributed by atoms with Crippen LogP contribution >= 0.6 is 0 Å². The largest absolute Gasteiger partial charge is 0.484 e. The van der Waals surface area contributed by atoms with Crippen LogP contribution in [-0.2, 0) is 4.79 Å². The van der Waals surface area contributed by atoms with E-state index in [4.69, 9.17) is 4.74 Å². The van der Waals surface area contributed by atoms with Gasteiger partial charge in [0.1, 0.15) is 5.75 Å². The van der Waals surface area contributed by atoms with E-state index < -0.39 is 0 Å². The van der Waals surface area contributed by atoms with E-state index in [1.165, 1.54) is 4.90 Å². The molecule has 3 N–H and O–H groups in total. The van der Waals surface area contributed by atoms with Crippen LogP contribution in [0.5, 0.6) is 5.75 Å². The zero-order valence-corrected chi connectivity index (χ0v) is 17.0. The molecule has 4 amide bonds. The summed E-state index contributed by atoms with van der Waals surface area (Å²) in [5.74, 6) is 0.0767. The lowest BCUT2D eigenvalue weighted by molar-refractivity contribution is -0.130. The molecule has 0 heterocycles. The maximum absolute atomic E-state index is 12.5. The number of hydrogen-bond donors (Lipinski definition) is 3. The van der Waals surface area contributed by atoms with Gasteiger partial charge in [0.15, 0.2) is 6.61 Å². The summed E-state index contributed by atoms with van der Waals surface area (Å²) in [6.07, 6.45) is 0. The van der Waals surface area contributed by atoms with Crippen LogP contribution in [0.15, 0.2) is 48.5 Å². The molecule has 2 aromatic carbocycles. The molecule has 8 nitrogen and oxygen atoms in total. The summed E-state index contributed by atoms with van der Waals surface area (Å²) in [6.45, 7) is 3.67.